The quantitative estimate of drug-likeness (QED) is 0.307. The Morgan fingerprint density at radius 1 is 0.972 bits per heavy atom. The van der Waals surface area contributed by atoms with Crippen molar-refractivity contribution in [1.82, 2.24) is 4.90 Å². The Bertz CT molecular complexity index is 1290. The first-order chi connectivity index (χ1) is 17.4. The lowest BCUT2D eigenvalue weighted by atomic mass is 10.0. The highest BCUT2D eigenvalue weighted by molar-refractivity contribution is 8.18. The number of carbonyl (C=O) groups is 1. The first-order valence-corrected chi connectivity index (χ1v) is 12.9. The van der Waals surface area contributed by atoms with Gasteiger partial charge in [0, 0.05) is 6.54 Å². The lowest BCUT2D eigenvalue weighted by molar-refractivity contribution is -0.122. The number of aryl methyl sites for hydroxylation is 3. The molecule has 1 amide bonds. The van der Waals surface area contributed by atoms with E-state index in [1.807, 2.05) is 54.6 Å². The van der Waals surface area contributed by atoms with Crippen LogP contribution in [0.1, 0.15) is 41.2 Å². The second kappa shape index (κ2) is 11.5. The van der Waals surface area contributed by atoms with Crippen LogP contribution in [0.3, 0.4) is 0 Å². The zero-order chi connectivity index (χ0) is 25.7. The Kier molecular flexibility index (Phi) is 8.16. The first-order valence-electron chi connectivity index (χ1n) is 12.1. The second-order valence-corrected chi connectivity index (χ2v) is 9.88. The minimum Gasteiger partial charge on any atom is -0.493 e. The van der Waals surface area contributed by atoms with Crippen LogP contribution in [0.15, 0.2) is 70.6 Å². The van der Waals surface area contributed by atoms with Crippen molar-refractivity contribution >= 4 is 34.6 Å². The van der Waals surface area contributed by atoms with Crippen LogP contribution in [-0.2, 0) is 11.4 Å². The molecule has 5 nitrogen and oxygen atoms in total. The van der Waals surface area contributed by atoms with Gasteiger partial charge in [-0.1, -0.05) is 48.9 Å². The van der Waals surface area contributed by atoms with E-state index in [0.717, 1.165) is 17.7 Å². The van der Waals surface area contributed by atoms with Crippen LogP contribution >= 0.6 is 11.8 Å². The highest BCUT2D eigenvalue weighted by Crippen LogP contribution is 2.36. The van der Waals surface area contributed by atoms with Crippen LogP contribution < -0.4 is 9.47 Å². The molecule has 0 radical (unpaired) electrons. The van der Waals surface area contributed by atoms with E-state index in [1.165, 1.54) is 34.0 Å². The summed E-state index contributed by atoms with van der Waals surface area (Å²) in [5, 5.41) is 0.704. The maximum Gasteiger partial charge on any atom is 0.266 e. The van der Waals surface area contributed by atoms with E-state index in [0.29, 0.717) is 34.7 Å². The lowest BCUT2D eigenvalue weighted by Crippen LogP contribution is -2.29. The van der Waals surface area contributed by atoms with Gasteiger partial charge >= 0.3 is 0 Å². The summed E-state index contributed by atoms with van der Waals surface area (Å²) in [4.78, 5) is 20.3. The molecule has 0 N–H and O–H groups in total. The number of hydrogen-bond donors (Lipinski definition) is 0. The minimum absolute atomic E-state index is 0.0267. The summed E-state index contributed by atoms with van der Waals surface area (Å²) in [6, 6.07) is 19.8. The predicted octanol–water partition coefficient (Wildman–Crippen LogP) is 7.21. The third kappa shape index (κ3) is 5.82. The number of thioether (sulfide) groups is 1. The molecular formula is C30H32N2O3S. The molecule has 0 bridgehead atoms. The fourth-order valence-corrected chi connectivity index (χ4v) is 5.28. The molecule has 0 saturated carbocycles. The Labute approximate surface area is 217 Å². The number of carbonyl (C=O) groups excluding carboxylic acids is 1. The van der Waals surface area contributed by atoms with Gasteiger partial charge in [-0.05, 0) is 91.5 Å². The molecule has 0 unspecified atom stereocenters. The molecule has 1 fully saturated rings. The van der Waals surface area contributed by atoms with Crippen LogP contribution in [0.5, 0.6) is 11.5 Å². The number of aliphatic imine (C=N–C) groups is 1. The number of ether oxygens (including phenoxy) is 2. The maximum absolute atomic E-state index is 13.2. The summed E-state index contributed by atoms with van der Waals surface area (Å²) in [5.74, 6) is 1.27. The van der Waals surface area contributed by atoms with Gasteiger partial charge in [-0.2, -0.15) is 0 Å². The molecule has 1 saturated heterocycles. The number of rotatable bonds is 8. The zero-order valence-electron chi connectivity index (χ0n) is 21.5. The number of nitrogens with zero attached hydrogens (tertiary/aromatic N) is 2. The molecule has 0 aromatic heterocycles. The van der Waals surface area contributed by atoms with Gasteiger partial charge in [0.25, 0.3) is 5.91 Å². The van der Waals surface area contributed by atoms with E-state index in [4.69, 9.17) is 14.5 Å². The van der Waals surface area contributed by atoms with Crippen LogP contribution in [0.4, 0.5) is 5.69 Å². The Balaban J connectivity index is 1.56. The van der Waals surface area contributed by atoms with E-state index in [9.17, 15) is 4.79 Å². The monoisotopic (exact) mass is 500 g/mol. The number of methoxy groups -OCH3 is 1. The summed E-state index contributed by atoms with van der Waals surface area (Å²) in [7, 11) is 1.63. The van der Waals surface area contributed by atoms with Crippen molar-refractivity contribution < 1.29 is 14.3 Å². The average Bonchev–Trinajstić information content (AvgIpc) is 3.13. The molecule has 4 rings (SSSR count). The molecular weight excluding hydrogens is 468 g/mol. The van der Waals surface area contributed by atoms with Crippen molar-refractivity contribution in [2.24, 2.45) is 4.99 Å². The summed E-state index contributed by atoms with van der Waals surface area (Å²) >= 11 is 1.40. The van der Waals surface area contributed by atoms with E-state index in [-0.39, 0.29) is 5.91 Å². The number of amidine groups is 1. The van der Waals surface area contributed by atoms with Crippen LogP contribution in [0, 0.1) is 20.8 Å². The molecule has 3 aromatic rings. The van der Waals surface area contributed by atoms with Gasteiger partial charge in [0.2, 0.25) is 0 Å². The van der Waals surface area contributed by atoms with Crippen molar-refractivity contribution in [2.75, 3.05) is 13.7 Å². The maximum atomic E-state index is 13.2. The summed E-state index contributed by atoms with van der Waals surface area (Å²) in [5.41, 5.74) is 6.57. The van der Waals surface area contributed by atoms with Gasteiger partial charge in [-0.15, -0.1) is 0 Å². The standard InChI is InChI=1S/C30H32N2O3S/c1-6-14-32-29(33)28(36-30(32)31-24-10-8-7-9-11-24)18-23-12-13-26(27(17-23)34-5)35-19-25-21(3)15-20(2)16-22(25)4/h7-13,15-18H,6,14,19H2,1-5H3/b28-18+,31-30?. The zero-order valence-corrected chi connectivity index (χ0v) is 22.3. The number of benzene rings is 3. The van der Waals surface area contributed by atoms with Gasteiger partial charge in [-0.3, -0.25) is 9.69 Å². The third-order valence-electron chi connectivity index (χ3n) is 6.01. The molecule has 36 heavy (non-hydrogen) atoms. The van der Waals surface area contributed by atoms with Crippen molar-refractivity contribution in [3.63, 3.8) is 0 Å². The third-order valence-corrected chi connectivity index (χ3v) is 7.02. The van der Waals surface area contributed by atoms with Crippen molar-refractivity contribution in [3.05, 3.63) is 93.4 Å². The van der Waals surface area contributed by atoms with E-state index < -0.39 is 0 Å². The lowest BCUT2D eigenvalue weighted by Gasteiger charge is -2.15. The van der Waals surface area contributed by atoms with E-state index >= 15 is 0 Å². The Morgan fingerprint density at radius 3 is 2.36 bits per heavy atom. The van der Waals surface area contributed by atoms with E-state index in [2.05, 4.69) is 39.8 Å². The average molecular weight is 501 g/mol. The predicted molar refractivity (Wildman–Crippen MR) is 149 cm³/mol. The molecule has 0 aliphatic carbocycles. The molecule has 1 aliphatic heterocycles. The van der Waals surface area contributed by atoms with E-state index in [1.54, 1.807) is 12.0 Å². The van der Waals surface area contributed by atoms with Gasteiger partial charge in [-0.25, -0.2) is 4.99 Å². The molecule has 3 aromatic carbocycles. The topological polar surface area (TPSA) is 51.1 Å². The molecule has 1 heterocycles. The smallest absolute Gasteiger partial charge is 0.266 e. The van der Waals surface area contributed by atoms with Crippen LogP contribution in [0.2, 0.25) is 0 Å². The summed E-state index contributed by atoms with van der Waals surface area (Å²) < 4.78 is 11.8. The summed E-state index contributed by atoms with van der Waals surface area (Å²) in [6.07, 6.45) is 2.75. The largest absolute Gasteiger partial charge is 0.493 e. The Hall–Kier alpha value is -3.51. The van der Waals surface area contributed by atoms with Gasteiger partial charge in [0.15, 0.2) is 16.7 Å². The van der Waals surface area contributed by atoms with Gasteiger partial charge in [0.05, 0.1) is 17.7 Å². The number of para-hydroxylation sites is 1. The number of hydrogen-bond acceptors (Lipinski definition) is 5. The van der Waals surface area contributed by atoms with Crippen molar-refractivity contribution in [2.45, 2.75) is 40.7 Å². The van der Waals surface area contributed by atoms with Crippen LogP contribution in [-0.4, -0.2) is 29.6 Å². The highest BCUT2D eigenvalue weighted by Gasteiger charge is 2.32. The minimum atomic E-state index is -0.0267. The van der Waals surface area contributed by atoms with Gasteiger partial charge < -0.3 is 9.47 Å². The molecule has 0 spiro atoms. The molecule has 1 aliphatic rings. The van der Waals surface area contributed by atoms with Crippen molar-refractivity contribution in [3.8, 4) is 11.5 Å². The first kappa shape index (κ1) is 25.6. The number of amides is 1. The SMILES string of the molecule is CCCN1C(=O)/C(=C\c2ccc(OCc3c(C)cc(C)cc3C)c(OC)c2)SC1=Nc1ccccc1. The van der Waals surface area contributed by atoms with Gasteiger partial charge in [0.1, 0.15) is 6.61 Å². The fraction of sp³-hybridized carbons (Fsp3) is 0.267. The fourth-order valence-electron chi connectivity index (χ4n) is 4.26. The second-order valence-electron chi connectivity index (χ2n) is 8.87. The highest BCUT2D eigenvalue weighted by atomic mass is 32.2. The Morgan fingerprint density at radius 2 is 1.69 bits per heavy atom. The van der Waals surface area contributed by atoms with Crippen LogP contribution in [0.25, 0.3) is 6.08 Å². The molecule has 0 atom stereocenters. The van der Waals surface area contributed by atoms with Crippen molar-refractivity contribution in [1.29, 1.82) is 0 Å². The molecule has 186 valence electrons. The summed E-state index contributed by atoms with van der Waals surface area (Å²) in [6.45, 7) is 9.48. The normalized spacial score (nSPS) is 15.7. The molecule has 6 heteroatoms.